The zero-order valence-electron chi connectivity index (χ0n) is 16.2. The predicted molar refractivity (Wildman–Crippen MR) is 108 cm³/mol. The van der Waals surface area contributed by atoms with E-state index in [1.807, 2.05) is 43.3 Å². The normalized spacial score (nSPS) is 13.0. The van der Waals surface area contributed by atoms with E-state index < -0.39 is 22.0 Å². The predicted octanol–water partition coefficient (Wildman–Crippen LogP) is 3.56. The zero-order valence-corrected chi connectivity index (χ0v) is 17.0. The molecule has 0 saturated heterocycles. The van der Waals surface area contributed by atoms with Gasteiger partial charge in [-0.3, -0.25) is 4.79 Å². The minimum atomic E-state index is -3.95. The molecule has 2 aromatic carbocycles. The van der Waals surface area contributed by atoms with Crippen LogP contribution in [0.5, 0.6) is 0 Å². The molecule has 150 valence electrons. The molecule has 0 saturated carbocycles. The number of nitrogens with one attached hydrogen (secondary N) is 1. The van der Waals surface area contributed by atoms with Gasteiger partial charge < -0.3 is 10.0 Å². The summed E-state index contributed by atoms with van der Waals surface area (Å²) in [4.78, 5) is 13.2. The van der Waals surface area contributed by atoms with Crippen molar-refractivity contribution in [1.82, 2.24) is 4.72 Å². The van der Waals surface area contributed by atoms with E-state index in [0.29, 0.717) is 11.4 Å². The Bertz CT molecular complexity index is 937. The number of rotatable bonds is 8. The highest BCUT2D eigenvalue weighted by Gasteiger charge is 2.27. The fourth-order valence-electron chi connectivity index (χ4n) is 2.33. The summed E-state index contributed by atoms with van der Waals surface area (Å²) in [7, 11) is -0.0636. The van der Waals surface area contributed by atoms with Crippen LogP contribution in [0.2, 0.25) is 0 Å². The molecule has 0 spiro atoms. The summed E-state index contributed by atoms with van der Waals surface area (Å²) in [5.41, 5.74) is 2.20. The molecule has 2 rings (SSSR count). The van der Waals surface area contributed by atoms with Gasteiger partial charge in [0.25, 0.3) is 0 Å². The molecule has 0 fully saturated rings. The topological polar surface area (TPSA) is 111 Å². The van der Waals surface area contributed by atoms with E-state index in [0.717, 1.165) is 5.69 Å². The standard InChI is InChI=1S/C19H24N4O4S/c1-13(2)18(19(24)25)22-28(26,27)17-11-7-15(8-12-17)21-20-14-5-9-16(10-6-14)23(3)4/h5-13,18,22H,1-4H3,(H,24,25)/b21-20+/t18-/m0/s1. The maximum absolute atomic E-state index is 12.4. The summed E-state index contributed by atoms with van der Waals surface area (Å²) in [6.45, 7) is 3.27. The van der Waals surface area contributed by atoms with Gasteiger partial charge in [-0.05, 0) is 54.4 Å². The Morgan fingerprint density at radius 3 is 1.82 bits per heavy atom. The maximum atomic E-state index is 12.4. The van der Waals surface area contributed by atoms with Crippen molar-refractivity contribution in [2.45, 2.75) is 24.8 Å². The van der Waals surface area contributed by atoms with Crippen LogP contribution in [0.1, 0.15) is 13.8 Å². The van der Waals surface area contributed by atoms with Crippen LogP contribution in [-0.2, 0) is 14.8 Å². The lowest BCUT2D eigenvalue weighted by Gasteiger charge is -2.17. The Kier molecular flexibility index (Phi) is 6.87. The number of sulfonamides is 1. The number of carboxylic acid groups (broad SMARTS) is 1. The van der Waals surface area contributed by atoms with Crippen molar-refractivity contribution < 1.29 is 18.3 Å². The molecule has 0 aliphatic carbocycles. The molecule has 0 bridgehead atoms. The summed E-state index contributed by atoms with van der Waals surface area (Å²) in [5.74, 6) is -1.61. The molecule has 2 aromatic rings. The zero-order chi connectivity index (χ0) is 20.9. The molecule has 1 atom stereocenters. The Morgan fingerprint density at radius 2 is 1.43 bits per heavy atom. The first kappa shape index (κ1) is 21.5. The fraction of sp³-hybridized carbons (Fsp3) is 0.316. The van der Waals surface area contributed by atoms with Gasteiger partial charge in [-0.1, -0.05) is 13.8 Å². The van der Waals surface area contributed by atoms with Crippen LogP contribution < -0.4 is 9.62 Å². The number of hydrogen-bond acceptors (Lipinski definition) is 6. The molecule has 0 amide bonds. The third-order valence-electron chi connectivity index (χ3n) is 4.01. The molecule has 2 N–H and O–H groups in total. The fourth-order valence-corrected chi connectivity index (χ4v) is 3.67. The van der Waals surface area contributed by atoms with Gasteiger partial charge in [0.05, 0.1) is 16.3 Å². The van der Waals surface area contributed by atoms with Gasteiger partial charge in [-0.15, -0.1) is 0 Å². The van der Waals surface area contributed by atoms with E-state index in [1.54, 1.807) is 13.8 Å². The number of anilines is 1. The van der Waals surface area contributed by atoms with Crippen LogP contribution in [0.15, 0.2) is 63.7 Å². The van der Waals surface area contributed by atoms with Gasteiger partial charge in [-0.25, -0.2) is 8.42 Å². The monoisotopic (exact) mass is 404 g/mol. The van der Waals surface area contributed by atoms with Gasteiger partial charge in [0.1, 0.15) is 6.04 Å². The summed E-state index contributed by atoms with van der Waals surface area (Å²) >= 11 is 0. The first-order valence-corrected chi connectivity index (χ1v) is 10.1. The lowest BCUT2D eigenvalue weighted by atomic mass is 10.1. The third-order valence-corrected chi connectivity index (χ3v) is 5.47. The van der Waals surface area contributed by atoms with Crippen LogP contribution in [0, 0.1) is 5.92 Å². The Balaban J connectivity index is 2.12. The average Bonchev–Trinajstić information content (AvgIpc) is 2.64. The van der Waals surface area contributed by atoms with Crippen LogP contribution in [-0.4, -0.2) is 39.6 Å². The largest absolute Gasteiger partial charge is 0.480 e. The second-order valence-electron chi connectivity index (χ2n) is 6.79. The molecule has 0 unspecified atom stereocenters. The first-order chi connectivity index (χ1) is 13.1. The highest BCUT2D eigenvalue weighted by atomic mass is 32.2. The van der Waals surface area contributed by atoms with Gasteiger partial charge in [0.15, 0.2) is 0 Å². The Hall–Kier alpha value is -2.78. The van der Waals surface area contributed by atoms with E-state index in [-0.39, 0.29) is 10.8 Å². The molecular weight excluding hydrogens is 380 g/mol. The second kappa shape index (κ2) is 8.94. The minimum Gasteiger partial charge on any atom is -0.480 e. The van der Waals surface area contributed by atoms with E-state index in [4.69, 9.17) is 5.11 Å². The molecule has 0 aromatic heterocycles. The number of carbonyl (C=O) groups is 1. The smallest absolute Gasteiger partial charge is 0.322 e. The lowest BCUT2D eigenvalue weighted by molar-refractivity contribution is -0.140. The van der Waals surface area contributed by atoms with Crippen LogP contribution >= 0.6 is 0 Å². The van der Waals surface area contributed by atoms with Crippen molar-refractivity contribution in [1.29, 1.82) is 0 Å². The van der Waals surface area contributed by atoms with Crippen LogP contribution in [0.4, 0.5) is 17.1 Å². The van der Waals surface area contributed by atoms with E-state index >= 15 is 0 Å². The third kappa shape index (κ3) is 5.61. The molecule has 0 aliphatic rings. The molecule has 8 nitrogen and oxygen atoms in total. The number of aliphatic carboxylic acids is 1. The minimum absolute atomic E-state index is 0.0336. The number of nitrogens with zero attached hydrogens (tertiary/aromatic N) is 3. The second-order valence-corrected chi connectivity index (χ2v) is 8.50. The van der Waals surface area contributed by atoms with Crippen molar-refractivity contribution in [2.24, 2.45) is 16.1 Å². The molecule has 9 heteroatoms. The van der Waals surface area contributed by atoms with Gasteiger partial charge >= 0.3 is 5.97 Å². The number of carboxylic acids is 1. The molecule has 0 radical (unpaired) electrons. The van der Waals surface area contributed by atoms with Crippen LogP contribution in [0.3, 0.4) is 0 Å². The van der Waals surface area contributed by atoms with Crippen LogP contribution in [0.25, 0.3) is 0 Å². The van der Waals surface area contributed by atoms with E-state index in [2.05, 4.69) is 15.0 Å². The summed E-state index contributed by atoms with van der Waals surface area (Å²) < 4.78 is 27.0. The molecule has 0 heterocycles. The van der Waals surface area contributed by atoms with Gasteiger partial charge in [0, 0.05) is 19.8 Å². The Morgan fingerprint density at radius 1 is 0.964 bits per heavy atom. The average molecular weight is 404 g/mol. The molecular formula is C19H24N4O4S. The van der Waals surface area contributed by atoms with Crippen molar-refractivity contribution in [3.8, 4) is 0 Å². The van der Waals surface area contributed by atoms with Gasteiger partial charge in [0.2, 0.25) is 10.0 Å². The maximum Gasteiger partial charge on any atom is 0.322 e. The highest BCUT2D eigenvalue weighted by Crippen LogP contribution is 2.22. The van der Waals surface area contributed by atoms with E-state index in [9.17, 15) is 13.2 Å². The van der Waals surface area contributed by atoms with Crippen molar-refractivity contribution in [2.75, 3.05) is 19.0 Å². The van der Waals surface area contributed by atoms with Crippen molar-refractivity contribution in [3.63, 3.8) is 0 Å². The molecule has 0 aliphatic heterocycles. The van der Waals surface area contributed by atoms with E-state index in [1.165, 1.54) is 24.3 Å². The van der Waals surface area contributed by atoms with Crippen molar-refractivity contribution >= 4 is 33.1 Å². The Labute approximate surface area is 165 Å². The quantitative estimate of drug-likeness (QED) is 0.654. The number of azo groups is 1. The number of hydrogen-bond donors (Lipinski definition) is 2. The summed E-state index contributed by atoms with van der Waals surface area (Å²) in [5, 5.41) is 17.4. The first-order valence-electron chi connectivity index (χ1n) is 8.64. The highest BCUT2D eigenvalue weighted by molar-refractivity contribution is 7.89. The summed E-state index contributed by atoms with van der Waals surface area (Å²) in [6, 6.07) is 12.1. The van der Waals surface area contributed by atoms with Gasteiger partial charge in [-0.2, -0.15) is 15.0 Å². The summed E-state index contributed by atoms with van der Waals surface area (Å²) in [6.07, 6.45) is 0. The lowest BCUT2D eigenvalue weighted by Crippen LogP contribution is -2.44. The molecule has 28 heavy (non-hydrogen) atoms. The SMILES string of the molecule is CC(C)[C@H](NS(=O)(=O)c1ccc(/N=N/c2ccc(N(C)C)cc2)cc1)C(=O)O. The number of benzene rings is 2. The van der Waals surface area contributed by atoms with Crippen molar-refractivity contribution in [3.05, 3.63) is 48.5 Å².